The summed E-state index contributed by atoms with van der Waals surface area (Å²) in [6.45, 7) is 0. The number of halogens is 1. The number of aromatic nitrogens is 2. The van der Waals surface area contributed by atoms with Crippen molar-refractivity contribution in [3.05, 3.63) is 65.2 Å². The third-order valence-electron chi connectivity index (χ3n) is 3.68. The van der Waals surface area contributed by atoms with E-state index in [2.05, 4.69) is 15.3 Å². The number of imidazole rings is 1. The monoisotopic (exact) mass is 353 g/mol. The maximum atomic E-state index is 12.6. The minimum Gasteiger partial charge on any atom is -0.481 e. The molecule has 0 unspecified atom stereocenters. The average Bonchev–Trinajstić information content (AvgIpc) is 3.22. The van der Waals surface area contributed by atoms with Crippen molar-refractivity contribution in [1.82, 2.24) is 9.97 Å². The lowest BCUT2D eigenvalue weighted by Crippen LogP contribution is -2.12. The summed E-state index contributed by atoms with van der Waals surface area (Å²) in [5, 5.41) is 12.7. The van der Waals surface area contributed by atoms with E-state index in [1.54, 1.807) is 42.5 Å². The fraction of sp³-hybridized carbons (Fsp3) is 0. The normalized spacial score (nSPS) is 10.9. The second-order valence-electron chi connectivity index (χ2n) is 5.39. The molecule has 0 aliphatic carbocycles. The van der Waals surface area contributed by atoms with Gasteiger partial charge in [-0.1, -0.05) is 17.7 Å². The number of nitrogens with zero attached hydrogens (tertiary/aromatic N) is 1. The van der Waals surface area contributed by atoms with Gasteiger partial charge in [-0.3, -0.25) is 4.79 Å². The van der Waals surface area contributed by atoms with E-state index in [0.717, 1.165) is 0 Å². The van der Waals surface area contributed by atoms with E-state index in [9.17, 15) is 9.90 Å². The molecule has 4 rings (SSSR count). The number of hydrogen-bond acceptors (Lipinski definition) is 4. The van der Waals surface area contributed by atoms with E-state index >= 15 is 0 Å². The molecule has 0 radical (unpaired) electrons. The summed E-state index contributed by atoms with van der Waals surface area (Å²) in [6, 6.07) is 15.1. The van der Waals surface area contributed by atoms with Crippen LogP contribution in [-0.4, -0.2) is 21.0 Å². The van der Waals surface area contributed by atoms with Crippen molar-refractivity contribution in [2.45, 2.75) is 0 Å². The standard InChI is InChI=1S/C18H12ClN3O3/c19-10-4-6-11(7-5-10)20-18(24)12-2-1-3-13-16(12)22-17(21-13)14-8-9-15(23)25-14/h1-9,23H,(H,20,24)(H,21,22). The Bertz CT molecular complexity index is 1070. The zero-order valence-electron chi connectivity index (χ0n) is 12.8. The van der Waals surface area contributed by atoms with Crippen LogP contribution in [0.25, 0.3) is 22.6 Å². The van der Waals surface area contributed by atoms with Crippen molar-refractivity contribution in [3.63, 3.8) is 0 Å². The summed E-state index contributed by atoms with van der Waals surface area (Å²) < 4.78 is 5.16. The second kappa shape index (κ2) is 5.99. The van der Waals surface area contributed by atoms with Crippen molar-refractivity contribution in [1.29, 1.82) is 0 Å². The van der Waals surface area contributed by atoms with Crippen LogP contribution in [0.4, 0.5) is 5.69 Å². The smallest absolute Gasteiger partial charge is 0.282 e. The molecule has 25 heavy (non-hydrogen) atoms. The van der Waals surface area contributed by atoms with Crippen LogP contribution >= 0.6 is 11.6 Å². The van der Waals surface area contributed by atoms with Crippen LogP contribution in [0.5, 0.6) is 5.95 Å². The summed E-state index contributed by atoms with van der Waals surface area (Å²) in [6.07, 6.45) is 0. The Morgan fingerprint density at radius 2 is 1.92 bits per heavy atom. The van der Waals surface area contributed by atoms with Gasteiger partial charge in [-0.05, 0) is 42.5 Å². The maximum absolute atomic E-state index is 12.6. The quantitative estimate of drug-likeness (QED) is 0.508. The maximum Gasteiger partial charge on any atom is 0.282 e. The van der Waals surface area contributed by atoms with E-state index in [1.165, 1.54) is 6.07 Å². The Labute approximate surface area is 147 Å². The third kappa shape index (κ3) is 2.95. The summed E-state index contributed by atoms with van der Waals surface area (Å²) in [4.78, 5) is 20.1. The second-order valence-corrected chi connectivity index (χ2v) is 5.82. The molecule has 7 heteroatoms. The zero-order chi connectivity index (χ0) is 17.4. The molecule has 0 saturated heterocycles. The lowest BCUT2D eigenvalue weighted by molar-refractivity contribution is 0.102. The van der Waals surface area contributed by atoms with Crippen LogP contribution in [0.3, 0.4) is 0 Å². The van der Waals surface area contributed by atoms with Crippen molar-refractivity contribution in [2.24, 2.45) is 0 Å². The van der Waals surface area contributed by atoms with E-state index in [1.807, 2.05) is 6.07 Å². The highest BCUT2D eigenvalue weighted by Crippen LogP contribution is 2.27. The van der Waals surface area contributed by atoms with Gasteiger partial charge in [0.25, 0.3) is 11.9 Å². The topological polar surface area (TPSA) is 91.2 Å². The molecule has 1 amide bonds. The minimum atomic E-state index is -0.284. The molecule has 6 nitrogen and oxygen atoms in total. The Morgan fingerprint density at radius 1 is 1.12 bits per heavy atom. The first-order chi connectivity index (χ1) is 12.1. The Morgan fingerprint density at radius 3 is 2.64 bits per heavy atom. The lowest BCUT2D eigenvalue weighted by Gasteiger charge is -2.05. The molecule has 0 saturated carbocycles. The number of amides is 1. The first-order valence-electron chi connectivity index (χ1n) is 7.45. The predicted octanol–water partition coefficient (Wildman–Crippen LogP) is 4.43. The molecule has 0 bridgehead atoms. The number of carbonyl (C=O) groups excluding carboxylic acids is 1. The van der Waals surface area contributed by atoms with Gasteiger partial charge in [-0.2, -0.15) is 0 Å². The number of aromatic amines is 1. The SMILES string of the molecule is O=C(Nc1ccc(Cl)cc1)c1cccc2[nH]c(-c3ccc(O)o3)nc12. The van der Waals surface area contributed by atoms with Gasteiger partial charge in [-0.15, -0.1) is 0 Å². The number of benzene rings is 2. The minimum absolute atomic E-state index is 0.198. The van der Waals surface area contributed by atoms with Crippen molar-refractivity contribution >= 4 is 34.2 Å². The van der Waals surface area contributed by atoms with Gasteiger partial charge in [0.1, 0.15) is 5.52 Å². The summed E-state index contributed by atoms with van der Waals surface area (Å²) >= 11 is 5.85. The molecule has 124 valence electrons. The van der Waals surface area contributed by atoms with Gasteiger partial charge in [0.05, 0.1) is 11.1 Å². The number of para-hydroxylation sites is 1. The number of carbonyl (C=O) groups is 1. The van der Waals surface area contributed by atoms with Gasteiger partial charge < -0.3 is 19.8 Å². The van der Waals surface area contributed by atoms with Crippen LogP contribution in [0.2, 0.25) is 5.02 Å². The van der Waals surface area contributed by atoms with Crippen LogP contribution in [0.15, 0.2) is 59.0 Å². The number of nitrogens with one attached hydrogen (secondary N) is 2. The van der Waals surface area contributed by atoms with Gasteiger partial charge in [0.15, 0.2) is 11.6 Å². The molecule has 0 atom stereocenters. The molecule has 0 aliphatic heterocycles. The molecule has 2 heterocycles. The largest absolute Gasteiger partial charge is 0.481 e. The molecule has 0 aliphatic rings. The Hall–Kier alpha value is -3.25. The molecule has 0 fully saturated rings. The molecule has 2 aromatic heterocycles. The number of hydrogen-bond donors (Lipinski definition) is 3. The zero-order valence-corrected chi connectivity index (χ0v) is 13.5. The van der Waals surface area contributed by atoms with Gasteiger partial charge in [-0.25, -0.2) is 4.98 Å². The Kier molecular flexibility index (Phi) is 3.66. The molecule has 3 N–H and O–H groups in total. The van der Waals surface area contributed by atoms with Crippen LogP contribution < -0.4 is 5.32 Å². The number of H-pyrrole nitrogens is 1. The highest BCUT2D eigenvalue weighted by atomic mass is 35.5. The number of rotatable bonds is 3. The van der Waals surface area contributed by atoms with Gasteiger partial charge in [0, 0.05) is 16.8 Å². The number of furan rings is 1. The average molecular weight is 354 g/mol. The molecular formula is C18H12ClN3O3. The van der Waals surface area contributed by atoms with E-state index in [0.29, 0.717) is 38.9 Å². The van der Waals surface area contributed by atoms with E-state index in [4.69, 9.17) is 16.0 Å². The number of aromatic hydroxyl groups is 1. The number of anilines is 1. The highest BCUT2D eigenvalue weighted by molar-refractivity contribution is 6.30. The first-order valence-corrected chi connectivity index (χ1v) is 7.83. The van der Waals surface area contributed by atoms with Crippen molar-refractivity contribution < 1.29 is 14.3 Å². The molecule has 4 aromatic rings. The van der Waals surface area contributed by atoms with Crippen molar-refractivity contribution in [3.8, 4) is 17.5 Å². The predicted molar refractivity (Wildman–Crippen MR) is 94.9 cm³/mol. The van der Waals surface area contributed by atoms with E-state index < -0.39 is 0 Å². The summed E-state index contributed by atoms with van der Waals surface area (Å²) in [5.74, 6) is 0.337. The Balaban J connectivity index is 1.70. The van der Waals surface area contributed by atoms with Crippen LogP contribution in [0, 0.1) is 0 Å². The molecule has 0 spiro atoms. The van der Waals surface area contributed by atoms with Gasteiger partial charge in [0.2, 0.25) is 0 Å². The lowest BCUT2D eigenvalue weighted by atomic mass is 10.1. The number of fused-ring (bicyclic) bond motifs is 1. The fourth-order valence-electron chi connectivity index (χ4n) is 2.52. The third-order valence-corrected chi connectivity index (χ3v) is 3.94. The molecule has 2 aromatic carbocycles. The molecular weight excluding hydrogens is 342 g/mol. The van der Waals surface area contributed by atoms with Gasteiger partial charge >= 0.3 is 0 Å². The van der Waals surface area contributed by atoms with Crippen molar-refractivity contribution in [2.75, 3.05) is 5.32 Å². The summed E-state index contributed by atoms with van der Waals surface area (Å²) in [7, 11) is 0. The van der Waals surface area contributed by atoms with Crippen LogP contribution in [-0.2, 0) is 0 Å². The summed E-state index contributed by atoms with van der Waals surface area (Å²) in [5.41, 5.74) is 2.26. The highest BCUT2D eigenvalue weighted by Gasteiger charge is 2.16. The van der Waals surface area contributed by atoms with E-state index in [-0.39, 0.29) is 11.9 Å². The van der Waals surface area contributed by atoms with Crippen LogP contribution in [0.1, 0.15) is 10.4 Å². The fourth-order valence-corrected chi connectivity index (χ4v) is 2.64. The first kappa shape index (κ1) is 15.3.